The van der Waals surface area contributed by atoms with Crippen molar-refractivity contribution in [1.29, 1.82) is 0 Å². The van der Waals surface area contributed by atoms with Crippen LogP contribution in [0, 0.1) is 12.3 Å². The normalized spacial score (nSPS) is 20.6. The standard InChI is InChI=1S/C17H20F3N5O/c1-11-13(15(26)24-6-5-16(2,9-21)10-24)8-23-25(11)14-4-3-12(7-22-14)17(18,19)20/h3-4,7-8H,5-6,9-10,21H2,1-2H3. The maximum absolute atomic E-state index is 12.8. The van der Waals surface area contributed by atoms with Crippen LogP contribution in [0.1, 0.15) is 35.0 Å². The first-order valence-electron chi connectivity index (χ1n) is 8.22. The lowest BCUT2D eigenvalue weighted by molar-refractivity contribution is -0.137. The molecule has 0 aliphatic carbocycles. The third-order valence-corrected chi connectivity index (χ3v) is 4.87. The second-order valence-electron chi connectivity index (χ2n) is 6.95. The largest absolute Gasteiger partial charge is 0.417 e. The monoisotopic (exact) mass is 367 g/mol. The second kappa shape index (κ2) is 6.39. The summed E-state index contributed by atoms with van der Waals surface area (Å²) in [6, 6.07) is 2.18. The lowest BCUT2D eigenvalue weighted by Crippen LogP contribution is -2.34. The first-order chi connectivity index (χ1) is 12.1. The van der Waals surface area contributed by atoms with Crippen molar-refractivity contribution in [2.75, 3.05) is 19.6 Å². The average Bonchev–Trinajstić information content (AvgIpc) is 3.18. The van der Waals surface area contributed by atoms with Gasteiger partial charge in [-0.25, -0.2) is 9.67 Å². The van der Waals surface area contributed by atoms with Gasteiger partial charge in [0.1, 0.15) is 0 Å². The van der Waals surface area contributed by atoms with Gasteiger partial charge in [-0.05, 0) is 37.4 Å². The van der Waals surface area contributed by atoms with Crippen LogP contribution in [-0.2, 0) is 6.18 Å². The number of hydrogen-bond donors (Lipinski definition) is 1. The van der Waals surface area contributed by atoms with Crippen LogP contribution in [0.15, 0.2) is 24.5 Å². The molecule has 0 spiro atoms. The van der Waals surface area contributed by atoms with Crippen LogP contribution >= 0.6 is 0 Å². The Kier molecular flexibility index (Phi) is 4.51. The number of aromatic nitrogens is 3. The maximum atomic E-state index is 12.8. The molecule has 0 saturated carbocycles. The van der Waals surface area contributed by atoms with E-state index < -0.39 is 11.7 Å². The third kappa shape index (κ3) is 3.31. The summed E-state index contributed by atoms with van der Waals surface area (Å²) in [6.07, 6.45) is -1.43. The van der Waals surface area contributed by atoms with Gasteiger partial charge in [0.15, 0.2) is 5.82 Å². The van der Waals surface area contributed by atoms with E-state index in [1.54, 1.807) is 11.8 Å². The Morgan fingerprint density at radius 3 is 2.62 bits per heavy atom. The average molecular weight is 367 g/mol. The number of rotatable bonds is 3. The van der Waals surface area contributed by atoms with Crippen LogP contribution in [0.4, 0.5) is 13.2 Å². The minimum atomic E-state index is -4.45. The fraction of sp³-hybridized carbons (Fsp3) is 0.471. The molecular weight excluding hydrogens is 347 g/mol. The van der Waals surface area contributed by atoms with E-state index in [4.69, 9.17) is 5.73 Å². The summed E-state index contributed by atoms with van der Waals surface area (Å²) in [5.41, 5.74) is 5.80. The Hall–Kier alpha value is -2.42. The molecule has 1 aliphatic rings. The fourth-order valence-electron chi connectivity index (χ4n) is 3.06. The van der Waals surface area contributed by atoms with Crippen LogP contribution in [0.2, 0.25) is 0 Å². The smallest absolute Gasteiger partial charge is 0.338 e. The molecule has 1 unspecified atom stereocenters. The van der Waals surface area contributed by atoms with Gasteiger partial charge in [-0.2, -0.15) is 18.3 Å². The van der Waals surface area contributed by atoms with Gasteiger partial charge < -0.3 is 10.6 Å². The lowest BCUT2D eigenvalue weighted by atomic mass is 9.90. The van der Waals surface area contributed by atoms with Crippen molar-refractivity contribution in [2.45, 2.75) is 26.4 Å². The number of alkyl halides is 3. The van der Waals surface area contributed by atoms with Crippen molar-refractivity contribution < 1.29 is 18.0 Å². The second-order valence-corrected chi connectivity index (χ2v) is 6.95. The zero-order valence-corrected chi connectivity index (χ0v) is 14.5. The SMILES string of the molecule is Cc1c(C(=O)N2CCC(C)(CN)C2)cnn1-c1ccc(C(F)(F)F)cn1. The molecule has 2 N–H and O–H groups in total. The highest BCUT2D eigenvalue weighted by molar-refractivity contribution is 5.95. The first-order valence-corrected chi connectivity index (χ1v) is 8.22. The van der Waals surface area contributed by atoms with Gasteiger partial charge in [-0.3, -0.25) is 4.79 Å². The molecule has 1 saturated heterocycles. The van der Waals surface area contributed by atoms with Gasteiger partial charge in [0.25, 0.3) is 5.91 Å². The molecule has 1 aliphatic heterocycles. The summed E-state index contributed by atoms with van der Waals surface area (Å²) in [6.45, 7) is 5.44. The molecular formula is C17H20F3N5O. The molecule has 3 heterocycles. The molecule has 0 bridgehead atoms. The highest BCUT2D eigenvalue weighted by Crippen LogP contribution is 2.31. The van der Waals surface area contributed by atoms with E-state index >= 15 is 0 Å². The Labute approximate surface area is 148 Å². The van der Waals surface area contributed by atoms with E-state index in [-0.39, 0.29) is 17.1 Å². The van der Waals surface area contributed by atoms with Crippen molar-refractivity contribution in [3.8, 4) is 5.82 Å². The molecule has 6 nitrogen and oxygen atoms in total. The van der Waals surface area contributed by atoms with Gasteiger partial charge in [-0.15, -0.1) is 0 Å². The highest BCUT2D eigenvalue weighted by atomic mass is 19.4. The van der Waals surface area contributed by atoms with Crippen molar-refractivity contribution in [3.63, 3.8) is 0 Å². The van der Waals surface area contributed by atoms with Crippen molar-refractivity contribution in [2.24, 2.45) is 11.1 Å². The number of pyridine rings is 1. The van der Waals surface area contributed by atoms with E-state index in [0.29, 0.717) is 30.9 Å². The number of amides is 1. The van der Waals surface area contributed by atoms with E-state index in [2.05, 4.69) is 10.1 Å². The van der Waals surface area contributed by atoms with Gasteiger partial charge in [0.2, 0.25) is 0 Å². The van der Waals surface area contributed by atoms with Crippen LogP contribution in [0.5, 0.6) is 0 Å². The van der Waals surface area contributed by atoms with Crippen molar-refractivity contribution in [1.82, 2.24) is 19.7 Å². The molecule has 140 valence electrons. The summed E-state index contributed by atoms with van der Waals surface area (Å²) in [7, 11) is 0. The highest BCUT2D eigenvalue weighted by Gasteiger charge is 2.36. The van der Waals surface area contributed by atoms with Crippen LogP contribution in [0.25, 0.3) is 5.82 Å². The molecule has 3 rings (SSSR count). The van der Waals surface area contributed by atoms with Crippen LogP contribution < -0.4 is 5.73 Å². The predicted molar refractivity (Wildman–Crippen MR) is 88.8 cm³/mol. The Morgan fingerprint density at radius 2 is 2.08 bits per heavy atom. The third-order valence-electron chi connectivity index (χ3n) is 4.87. The molecule has 0 radical (unpaired) electrons. The zero-order chi connectivity index (χ0) is 19.1. The molecule has 2 aromatic rings. The Balaban J connectivity index is 1.83. The van der Waals surface area contributed by atoms with Gasteiger partial charge >= 0.3 is 6.18 Å². The van der Waals surface area contributed by atoms with E-state index in [1.165, 1.54) is 16.9 Å². The summed E-state index contributed by atoms with van der Waals surface area (Å²) in [4.78, 5) is 18.3. The number of hydrogen-bond acceptors (Lipinski definition) is 4. The van der Waals surface area contributed by atoms with E-state index in [9.17, 15) is 18.0 Å². The van der Waals surface area contributed by atoms with Crippen LogP contribution in [0.3, 0.4) is 0 Å². The van der Waals surface area contributed by atoms with Gasteiger partial charge in [0.05, 0.1) is 23.0 Å². The molecule has 1 amide bonds. The topological polar surface area (TPSA) is 77.0 Å². The Morgan fingerprint density at radius 1 is 1.35 bits per heavy atom. The number of halogens is 3. The lowest BCUT2D eigenvalue weighted by Gasteiger charge is -2.22. The van der Waals surface area contributed by atoms with Crippen molar-refractivity contribution >= 4 is 5.91 Å². The Bertz CT molecular complexity index is 815. The van der Waals surface area contributed by atoms with Crippen LogP contribution in [-0.4, -0.2) is 45.2 Å². The molecule has 0 aromatic carbocycles. The summed E-state index contributed by atoms with van der Waals surface area (Å²) < 4.78 is 39.3. The summed E-state index contributed by atoms with van der Waals surface area (Å²) in [5, 5.41) is 4.13. The molecule has 9 heteroatoms. The predicted octanol–water partition coefficient (Wildman–Crippen LogP) is 2.41. The number of nitrogens with zero attached hydrogens (tertiary/aromatic N) is 4. The maximum Gasteiger partial charge on any atom is 0.417 e. The van der Waals surface area contributed by atoms with E-state index in [0.717, 1.165) is 18.7 Å². The van der Waals surface area contributed by atoms with E-state index in [1.807, 2.05) is 6.92 Å². The fourth-order valence-corrected chi connectivity index (χ4v) is 3.06. The molecule has 1 fully saturated rings. The van der Waals surface area contributed by atoms with Gasteiger partial charge in [0, 0.05) is 19.3 Å². The number of nitrogens with two attached hydrogens (primary N) is 1. The first kappa shape index (κ1) is 18.4. The zero-order valence-electron chi connectivity index (χ0n) is 14.5. The summed E-state index contributed by atoms with van der Waals surface area (Å²) >= 11 is 0. The van der Waals surface area contributed by atoms with Gasteiger partial charge in [-0.1, -0.05) is 6.92 Å². The minimum Gasteiger partial charge on any atom is -0.338 e. The number of likely N-dealkylation sites (tertiary alicyclic amines) is 1. The molecule has 26 heavy (non-hydrogen) atoms. The molecule has 1 atom stereocenters. The molecule has 2 aromatic heterocycles. The summed E-state index contributed by atoms with van der Waals surface area (Å²) in [5.74, 6) is 0.0700. The number of carbonyl (C=O) groups is 1. The quantitative estimate of drug-likeness (QED) is 0.904. The minimum absolute atomic E-state index is 0.0887. The number of carbonyl (C=O) groups excluding carboxylic acids is 1. The van der Waals surface area contributed by atoms with Crippen molar-refractivity contribution in [3.05, 3.63) is 41.3 Å².